The van der Waals surface area contributed by atoms with Crippen molar-refractivity contribution in [1.82, 2.24) is 5.43 Å². The first kappa shape index (κ1) is 13.8. The molecular weight excluding hydrogens is 240 g/mol. The Hall–Kier alpha value is -0.160. The monoisotopic (exact) mass is 268 g/mol. The highest BCUT2D eigenvalue weighted by Crippen LogP contribution is 2.43. The van der Waals surface area contributed by atoms with Gasteiger partial charge in [-0.3, -0.25) is 11.3 Å². The third-order valence-electron chi connectivity index (χ3n) is 5.44. The number of hydrogen-bond donors (Lipinski definition) is 2. The van der Waals surface area contributed by atoms with Crippen LogP contribution in [0.4, 0.5) is 0 Å². The second-order valence-electron chi connectivity index (χ2n) is 6.73. The van der Waals surface area contributed by atoms with Gasteiger partial charge in [0.2, 0.25) is 0 Å². The highest BCUT2D eigenvalue weighted by Gasteiger charge is 2.42. The van der Waals surface area contributed by atoms with E-state index in [9.17, 15) is 0 Å². The molecule has 19 heavy (non-hydrogen) atoms. The first-order chi connectivity index (χ1) is 9.31. The zero-order chi connectivity index (χ0) is 13.1. The van der Waals surface area contributed by atoms with E-state index in [-0.39, 0.29) is 5.60 Å². The van der Waals surface area contributed by atoms with E-state index in [4.69, 9.17) is 15.3 Å². The van der Waals surface area contributed by atoms with Crippen LogP contribution >= 0.6 is 0 Å². The number of hydrogen-bond acceptors (Lipinski definition) is 4. The Labute approximate surface area is 116 Å². The minimum Gasteiger partial charge on any atom is -0.381 e. The van der Waals surface area contributed by atoms with Gasteiger partial charge >= 0.3 is 0 Å². The summed E-state index contributed by atoms with van der Waals surface area (Å²) < 4.78 is 11.6. The summed E-state index contributed by atoms with van der Waals surface area (Å²) in [6, 6.07) is 0.438. The van der Waals surface area contributed by atoms with Gasteiger partial charge in [0.1, 0.15) is 0 Å². The molecule has 3 fully saturated rings. The Balaban J connectivity index is 1.58. The van der Waals surface area contributed by atoms with E-state index in [1.54, 1.807) is 0 Å². The minimum absolute atomic E-state index is 0.199. The molecule has 3 aliphatic rings. The van der Waals surface area contributed by atoms with Crippen LogP contribution in [-0.2, 0) is 9.47 Å². The largest absolute Gasteiger partial charge is 0.381 e. The van der Waals surface area contributed by atoms with Gasteiger partial charge in [0, 0.05) is 25.9 Å². The number of ether oxygens (including phenoxy) is 2. The van der Waals surface area contributed by atoms with Crippen LogP contribution < -0.4 is 11.3 Å². The quantitative estimate of drug-likeness (QED) is 0.605. The molecule has 4 nitrogen and oxygen atoms in total. The SMILES string of the molecule is NNC(CC1CCOC1)C1CCOC2(CCCC2)C1. The normalized spacial score (nSPS) is 35.8. The lowest BCUT2D eigenvalue weighted by molar-refractivity contribution is -0.0989. The van der Waals surface area contributed by atoms with E-state index in [0.29, 0.717) is 17.9 Å². The molecule has 0 aromatic rings. The third-order valence-corrected chi connectivity index (χ3v) is 5.44. The minimum atomic E-state index is 0.199. The van der Waals surface area contributed by atoms with Crippen LogP contribution in [0, 0.1) is 11.8 Å². The van der Waals surface area contributed by atoms with E-state index in [1.165, 1.54) is 38.5 Å². The molecule has 1 spiro atoms. The molecule has 0 aromatic heterocycles. The van der Waals surface area contributed by atoms with Crippen LogP contribution in [0.15, 0.2) is 0 Å². The maximum Gasteiger partial charge on any atom is 0.0685 e. The van der Waals surface area contributed by atoms with Crippen molar-refractivity contribution in [2.24, 2.45) is 17.7 Å². The molecular formula is C15H28N2O2. The summed E-state index contributed by atoms with van der Waals surface area (Å²) in [6.07, 6.45) is 9.91. The smallest absolute Gasteiger partial charge is 0.0685 e. The van der Waals surface area contributed by atoms with Gasteiger partial charge in [-0.25, -0.2) is 0 Å². The zero-order valence-corrected chi connectivity index (χ0v) is 11.9. The number of hydrazine groups is 1. The summed E-state index contributed by atoms with van der Waals surface area (Å²) in [5, 5.41) is 0. The van der Waals surface area contributed by atoms with Crippen LogP contribution in [0.25, 0.3) is 0 Å². The lowest BCUT2D eigenvalue weighted by Crippen LogP contribution is -2.48. The van der Waals surface area contributed by atoms with Gasteiger partial charge in [-0.05, 0) is 50.4 Å². The van der Waals surface area contributed by atoms with Gasteiger partial charge in [0.15, 0.2) is 0 Å². The second kappa shape index (κ2) is 6.08. The van der Waals surface area contributed by atoms with Gasteiger partial charge in [0.25, 0.3) is 0 Å². The summed E-state index contributed by atoms with van der Waals surface area (Å²) >= 11 is 0. The molecule has 1 aliphatic carbocycles. The molecule has 4 heteroatoms. The maximum absolute atomic E-state index is 6.13. The Morgan fingerprint density at radius 2 is 2.05 bits per heavy atom. The van der Waals surface area contributed by atoms with Gasteiger partial charge in [-0.1, -0.05) is 12.8 Å². The standard InChI is InChI=1S/C15H28N2O2/c16-17-14(9-12-3-7-18-11-12)13-4-8-19-15(10-13)5-1-2-6-15/h12-14,17H,1-11,16H2. The van der Waals surface area contributed by atoms with Crippen molar-refractivity contribution in [3.8, 4) is 0 Å². The molecule has 3 N–H and O–H groups in total. The number of nitrogens with two attached hydrogens (primary N) is 1. The predicted molar refractivity (Wildman–Crippen MR) is 74.5 cm³/mol. The molecule has 0 amide bonds. The van der Waals surface area contributed by atoms with Gasteiger partial charge < -0.3 is 9.47 Å². The van der Waals surface area contributed by atoms with Crippen LogP contribution in [0.3, 0.4) is 0 Å². The summed E-state index contributed by atoms with van der Waals surface area (Å²) in [7, 11) is 0. The van der Waals surface area contributed by atoms with Crippen LogP contribution in [0.2, 0.25) is 0 Å². The molecule has 2 aliphatic heterocycles. The molecule has 110 valence electrons. The van der Waals surface area contributed by atoms with E-state index in [1.807, 2.05) is 0 Å². The van der Waals surface area contributed by atoms with Crippen LogP contribution in [-0.4, -0.2) is 31.5 Å². The lowest BCUT2D eigenvalue weighted by Gasteiger charge is -2.41. The Bertz CT molecular complexity index is 286. The first-order valence-corrected chi connectivity index (χ1v) is 7.99. The van der Waals surface area contributed by atoms with Crippen molar-refractivity contribution in [2.75, 3.05) is 19.8 Å². The summed E-state index contributed by atoms with van der Waals surface area (Å²) in [5.74, 6) is 7.21. The van der Waals surface area contributed by atoms with E-state index in [0.717, 1.165) is 32.7 Å². The lowest BCUT2D eigenvalue weighted by atomic mass is 9.78. The fourth-order valence-corrected chi connectivity index (χ4v) is 4.30. The van der Waals surface area contributed by atoms with E-state index in [2.05, 4.69) is 5.43 Å². The molecule has 1 saturated carbocycles. The topological polar surface area (TPSA) is 56.5 Å². The number of rotatable bonds is 4. The van der Waals surface area contributed by atoms with Gasteiger partial charge in [0.05, 0.1) is 5.60 Å². The van der Waals surface area contributed by atoms with E-state index >= 15 is 0 Å². The Morgan fingerprint density at radius 3 is 2.74 bits per heavy atom. The number of nitrogens with one attached hydrogen (secondary N) is 1. The van der Waals surface area contributed by atoms with Crippen molar-refractivity contribution < 1.29 is 9.47 Å². The molecule has 3 rings (SSSR count). The highest BCUT2D eigenvalue weighted by atomic mass is 16.5. The van der Waals surface area contributed by atoms with Crippen molar-refractivity contribution >= 4 is 0 Å². The average molecular weight is 268 g/mol. The molecule has 2 heterocycles. The molecule has 0 bridgehead atoms. The van der Waals surface area contributed by atoms with Crippen molar-refractivity contribution in [1.29, 1.82) is 0 Å². The van der Waals surface area contributed by atoms with Gasteiger partial charge in [-0.2, -0.15) is 0 Å². The second-order valence-corrected chi connectivity index (χ2v) is 6.73. The van der Waals surface area contributed by atoms with Crippen molar-refractivity contribution in [2.45, 2.75) is 63.0 Å². The van der Waals surface area contributed by atoms with Crippen LogP contribution in [0.1, 0.15) is 51.4 Å². The van der Waals surface area contributed by atoms with Crippen molar-refractivity contribution in [3.63, 3.8) is 0 Å². The maximum atomic E-state index is 6.13. The predicted octanol–water partition coefficient (Wildman–Crippen LogP) is 1.98. The summed E-state index contributed by atoms with van der Waals surface area (Å²) in [6.45, 7) is 2.77. The molecule has 3 atom stereocenters. The first-order valence-electron chi connectivity index (χ1n) is 7.99. The molecule has 0 aromatic carbocycles. The summed E-state index contributed by atoms with van der Waals surface area (Å²) in [5.41, 5.74) is 3.29. The van der Waals surface area contributed by atoms with Crippen LogP contribution in [0.5, 0.6) is 0 Å². The van der Waals surface area contributed by atoms with Crippen molar-refractivity contribution in [3.05, 3.63) is 0 Å². The molecule has 2 saturated heterocycles. The molecule has 0 radical (unpaired) electrons. The third kappa shape index (κ3) is 3.13. The van der Waals surface area contributed by atoms with E-state index < -0.39 is 0 Å². The summed E-state index contributed by atoms with van der Waals surface area (Å²) in [4.78, 5) is 0. The fourth-order valence-electron chi connectivity index (χ4n) is 4.30. The fraction of sp³-hybridized carbons (Fsp3) is 1.00. The Kier molecular flexibility index (Phi) is 4.42. The van der Waals surface area contributed by atoms with Gasteiger partial charge in [-0.15, -0.1) is 0 Å². The molecule has 3 unspecified atom stereocenters. The highest BCUT2D eigenvalue weighted by molar-refractivity contribution is 4.94. The zero-order valence-electron chi connectivity index (χ0n) is 11.9. The average Bonchev–Trinajstić information content (AvgIpc) is 3.08. The Morgan fingerprint density at radius 1 is 1.21 bits per heavy atom.